The van der Waals surface area contributed by atoms with Crippen LogP contribution < -0.4 is 16.6 Å². The monoisotopic (exact) mass is 241 g/mol. The Bertz CT molecular complexity index is 503. The lowest BCUT2D eigenvalue weighted by Gasteiger charge is -2.06. The quantitative estimate of drug-likeness (QED) is 0.489. The third-order valence-electron chi connectivity index (χ3n) is 2.22. The molecular formula is C10H15N3O4. The van der Waals surface area contributed by atoms with Crippen molar-refractivity contribution in [2.45, 2.75) is 13.5 Å². The van der Waals surface area contributed by atoms with E-state index >= 15 is 0 Å². The zero-order chi connectivity index (χ0) is 12.8. The molecule has 0 bridgehead atoms. The molecule has 0 saturated carbocycles. The zero-order valence-electron chi connectivity index (χ0n) is 9.78. The van der Waals surface area contributed by atoms with Gasteiger partial charge >= 0.3 is 11.7 Å². The molecule has 1 aromatic heterocycles. The molecule has 94 valence electrons. The van der Waals surface area contributed by atoms with Gasteiger partial charge in [0, 0.05) is 24.8 Å². The number of esters is 1. The van der Waals surface area contributed by atoms with Gasteiger partial charge in [-0.05, 0) is 6.92 Å². The first kappa shape index (κ1) is 13.2. The standard InChI is InChI=1S/C10H15N3O4/c1-7-6-13(10(16)12-9(7)15)4-3-11-5-8(14)17-2/h6,11H,3-5H2,1-2H3,(H,12,15,16). The third kappa shape index (κ3) is 3.87. The van der Waals surface area contributed by atoms with Crippen molar-refractivity contribution in [3.05, 3.63) is 32.6 Å². The van der Waals surface area contributed by atoms with E-state index in [1.54, 1.807) is 6.92 Å². The van der Waals surface area contributed by atoms with Gasteiger partial charge in [-0.2, -0.15) is 0 Å². The highest BCUT2D eigenvalue weighted by atomic mass is 16.5. The number of rotatable bonds is 5. The molecule has 0 aliphatic carbocycles. The first-order valence-electron chi connectivity index (χ1n) is 5.12. The van der Waals surface area contributed by atoms with Gasteiger partial charge in [0.15, 0.2) is 0 Å². The zero-order valence-corrected chi connectivity index (χ0v) is 9.78. The third-order valence-corrected chi connectivity index (χ3v) is 2.22. The van der Waals surface area contributed by atoms with Gasteiger partial charge in [-0.1, -0.05) is 0 Å². The van der Waals surface area contributed by atoms with Gasteiger partial charge in [0.1, 0.15) is 0 Å². The van der Waals surface area contributed by atoms with Gasteiger partial charge in [-0.25, -0.2) is 4.79 Å². The normalized spacial score (nSPS) is 10.2. The number of methoxy groups -OCH3 is 1. The second-order valence-electron chi connectivity index (χ2n) is 3.52. The average Bonchev–Trinajstić information content (AvgIpc) is 2.30. The van der Waals surface area contributed by atoms with Crippen LogP contribution in [0.2, 0.25) is 0 Å². The van der Waals surface area contributed by atoms with Crippen molar-refractivity contribution in [3.63, 3.8) is 0 Å². The molecule has 0 saturated heterocycles. The van der Waals surface area contributed by atoms with Crippen molar-refractivity contribution in [2.24, 2.45) is 0 Å². The maximum absolute atomic E-state index is 11.4. The van der Waals surface area contributed by atoms with Crippen molar-refractivity contribution < 1.29 is 9.53 Å². The predicted octanol–water partition coefficient (Wildman–Crippen LogP) is -1.39. The molecule has 17 heavy (non-hydrogen) atoms. The number of ether oxygens (including phenoxy) is 1. The molecule has 7 heteroatoms. The summed E-state index contributed by atoms with van der Waals surface area (Å²) in [6, 6.07) is 0. The number of aryl methyl sites for hydroxylation is 1. The van der Waals surface area contributed by atoms with Crippen molar-refractivity contribution in [1.82, 2.24) is 14.9 Å². The molecule has 0 unspecified atom stereocenters. The maximum atomic E-state index is 11.4. The second kappa shape index (κ2) is 6.00. The lowest BCUT2D eigenvalue weighted by molar-refractivity contribution is -0.139. The molecule has 0 aromatic carbocycles. The van der Waals surface area contributed by atoms with E-state index in [1.807, 2.05) is 0 Å². The van der Waals surface area contributed by atoms with Crippen LogP contribution in [0.3, 0.4) is 0 Å². The summed E-state index contributed by atoms with van der Waals surface area (Å²) in [5.41, 5.74) is -0.369. The number of H-pyrrole nitrogens is 1. The van der Waals surface area contributed by atoms with E-state index in [2.05, 4.69) is 15.0 Å². The summed E-state index contributed by atoms with van der Waals surface area (Å²) in [4.78, 5) is 35.5. The fourth-order valence-corrected chi connectivity index (χ4v) is 1.25. The van der Waals surface area contributed by atoms with Gasteiger partial charge in [0.05, 0.1) is 13.7 Å². The van der Waals surface area contributed by atoms with Crippen LogP contribution in [0.1, 0.15) is 5.56 Å². The van der Waals surface area contributed by atoms with Crippen LogP contribution in [-0.4, -0.2) is 35.7 Å². The van der Waals surface area contributed by atoms with Crippen LogP contribution in [0, 0.1) is 6.92 Å². The Balaban J connectivity index is 2.53. The van der Waals surface area contributed by atoms with E-state index in [0.717, 1.165) is 0 Å². The summed E-state index contributed by atoms with van der Waals surface area (Å²) >= 11 is 0. The molecule has 0 amide bonds. The van der Waals surface area contributed by atoms with Gasteiger partial charge in [0.25, 0.3) is 5.56 Å². The minimum absolute atomic E-state index is 0.0909. The highest BCUT2D eigenvalue weighted by Gasteiger charge is 2.01. The number of aromatic nitrogens is 2. The van der Waals surface area contributed by atoms with Gasteiger partial charge in [-0.15, -0.1) is 0 Å². The van der Waals surface area contributed by atoms with Gasteiger partial charge in [-0.3, -0.25) is 19.1 Å². The number of nitrogens with zero attached hydrogens (tertiary/aromatic N) is 1. The van der Waals surface area contributed by atoms with Crippen molar-refractivity contribution in [2.75, 3.05) is 20.2 Å². The Hall–Kier alpha value is -1.89. The molecule has 0 atom stereocenters. The molecule has 1 rings (SSSR count). The summed E-state index contributed by atoms with van der Waals surface area (Å²) in [5, 5.41) is 2.82. The highest BCUT2D eigenvalue weighted by molar-refractivity contribution is 5.71. The predicted molar refractivity (Wildman–Crippen MR) is 60.9 cm³/mol. The van der Waals surface area contributed by atoms with Crippen molar-refractivity contribution in [3.8, 4) is 0 Å². The first-order valence-corrected chi connectivity index (χ1v) is 5.12. The summed E-state index contributed by atoms with van der Waals surface area (Å²) < 4.78 is 5.82. The van der Waals surface area contributed by atoms with E-state index in [4.69, 9.17) is 0 Å². The first-order chi connectivity index (χ1) is 8.04. The fraction of sp³-hybridized carbons (Fsp3) is 0.500. The summed E-state index contributed by atoms with van der Waals surface area (Å²) in [5.74, 6) is -0.366. The minimum atomic E-state index is -0.458. The molecule has 1 heterocycles. The van der Waals surface area contributed by atoms with E-state index in [-0.39, 0.29) is 18.1 Å². The van der Waals surface area contributed by atoms with E-state index in [9.17, 15) is 14.4 Å². The summed E-state index contributed by atoms with van der Waals surface area (Å²) in [6.45, 7) is 2.51. The highest BCUT2D eigenvalue weighted by Crippen LogP contribution is 1.83. The number of nitrogens with one attached hydrogen (secondary N) is 2. The average molecular weight is 241 g/mol. The number of carbonyl (C=O) groups excluding carboxylic acids is 1. The molecule has 1 aromatic rings. The Kier molecular flexibility index (Phi) is 4.65. The summed E-state index contributed by atoms with van der Waals surface area (Å²) in [7, 11) is 1.31. The van der Waals surface area contributed by atoms with E-state index in [0.29, 0.717) is 18.7 Å². The van der Waals surface area contributed by atoms with Crippen LogP contribution in [0.4, 0.5) is 0 Å². The van der Waals surface area contributed by atoms with Crippen LogP contribution in [0.15, 0.2) is 15.8 Å². The van der Waals surface area contributed by atoms with Crippen LogP contribution in [0.5, 0.6) is 0 Å². The number of hydrogen-bond acceptors (Lipinski definition) is 5. The molecule has 0 fully saturated rings. The van der Waals surface area contributed by atoms with Crippen molar-refractivity contribution >= 4 is 5.97 Å². The Morgan fingerprint density at radius 1 is 1.53 bits per heavy atom. The van der Waals surface area contributed by atoms with Gasteiger partial charge < -0.3 is 10.1 Å². The Labute approximate surface area is 97.4 Å². The van der Waals surface area contributed by atoms with Crippen LogP contribution >= 0.6 is 0 Å². The number of carbonyl (C=O) groups is 1. The molecule has 0 aliphatic heterocycles. The number of aromatic amines is 1. The van der Waals surface area contributed by atoms with E-state index < -0.39 is 5.69 Å². The maximum Gasteiger partial charge on any atom is 0.328 e. The molecule has 0 aliphatic rings. The topological polar surface area (TPSA) is 93.2 Å². The molecule has 2 N–H and O–H groups in total. The molecule has 7 nitrogen and oxygen atoms in total. The minimum Gasteiger partial charge on any atom is -0.468 e. The smallest absolute Gasteiger partial charge is 0.328 e. The SMILES string of the molecule is COC(=O)CNCCn1cc(C)c(=O)[nH]c1=O. The van der Waals surface area contributed by atoms with Crippen LogP contribution in [0.25, 0.3) is 0 Å². The van der Waals surface area contributed by atoms with Gasteiger partial charge in [0.2, 0.25) is 0 Å². The fourth-order valence-electron chi connectivity index (χ4n) is 1.25. The Morgan fingerprint density at radius 2 is 2.24 bits per heavy atom. The van der Waals surface area contributed by atoms with Crippen LogP contribution in [-0.2, 0) is 16.1 Å². The van der Waals surface area contributed by atoms with Crippen molar-refractivity contribution in [1.29, 1.82) is 0 Å². The largest absolute Gasteiger partial charge is 0.468 e. The molecular weight excluding hydrogens is 226 g/mol. The molecule has 0 radical (unpaired) electrons. The summed E-state index contributed by atoms with van der Waals surface area (Å²) in [6.07, 6.45) is 1.49. The number of hydrogen-bond donors (Lipinski definition) is 2. The molecule has 0 spiro atoms. The lowest BCUT2D eigenvalue weighted by atomic mass is 10.4. The second-order valence-corrected chi connectivity index (χ2v) is 3.52. The lowest BCUT2D eigenvalue weighted by Crippen LogP contribution is -2.34. The van der Waals surface area contributed by atoms with E-state index in [1.165, 1.54) is 17.9 Å². The Morgan fingerprint density at radius 3 is 2.88 bits per heavy atom.